The molecule has 152 valence electrons. The molecule has 9 heteroatoms. The van der Waals surface area contributed by atoms with E-state index in [4.69, 9.17) is 30.5 Å². The number of hydrogen-bond donors (Lipinski definition) is 1. The van der Waals surface area contributed by atoms with Gasteiger partial charge in [0, 0.05) is 15.6 Å². The van der Waals surface area contributed by atoms with Gasteiger partial charge >= 0.3 is 0 Å². The normalized spacial score (nSPS) is 10.9. The van der Waals surface area contributed by atoms with E-state index in [2.05, 4.69) is 10.5 Å². The average Bonchev–Trinajstić information content (AvgIpc) is 3.08. The van der Waals surface area contributed by atoms with Gasteiger partial charge in [0.2, 0.25) is 5.75 Å². The van der Waals surface area contributed by atoms with Crippen molar-refractivity contribution in [2.75, 3.05) is 28.4 Å². The molecule has 3 aromatic rings. The Morgan fingerprint density at radius 3 is 2.31 bits per heavy atom. The van der Waals surface area contributed by atoms with Gasteiger partial charge < -0.3 is 18.9 Å². The molecule has 1 heterocycles. The monoisotopic (exact) mass is 434 g/mol. The van der Waals surface area contributed by atoms with Gasteiger partial charge in [-0.3, -0.25) is 4.79 Å². The number of carbonyl (C=O) groups is 1. The largest absolute Gasteiger partial charge is 0.497 e. The number of fused-ring (bicyclic) bond motifs is 1. The molecule has 29 heavy (non-hydrogen) atoms. The number of carbonyl (C=O) groups excluding carboxylic acids is 1. The zero-order valence-electron chi connectivity index (χ0n) is 16.2. The second-order valence-corrected chi connectivity index (χ2v) is 7.20. The Morgan fingerprint density at radius 2 is 1.72 bits per heavy atom. The fourth-order valence-corrected chi connectivity index (χ4v) is 4.15. The summed E-state index contributed by atoms with van der Waals surface area (Å²) in [6.45, 7) is 0. The molecule has 0 atom stereocenters. The van der Waals surface area contributed by atoms with Crippen molar-refractivity contribution in [3.8, 4) is 23.0 Å². The molecule has 3 rings (SSSR count). The molecule has 0 bridgehead atoms. The summed E-state index contributed by atoms with van der Waals surface area (Å²) in [6.07, 6.45) is 1.48. The van der Waals surface area contributed by atoms with Gasteiger partial charge in [0.1, 0.15) is 10.6 Å². The topological polar surface area (TPSA) is 78.4 Å². The first-order chi connectivity index (χ1) is 14.0. The zero-order valence-corrected chi connectivity index (χ0v) is 17.8. The van der Waals surface area contributed by atoms with Crippen LogP contribution in [0.2, 0.25) is 5.02 Å². The maximum Gasteiger partial charge on any atom is 0.283 e. The van der Waals surface area contributed by atoms with Crippen LogP contribution in [0.25, 0.3) is 10.1 Å². The molecule has 0 saturated carbocycles. The fourth-order valence-electron chi connectivity index (χ4n) is 2.71. The Labute approximate surface area is 176 Å². The Bertz CT molecular complexity index is 1060. The standard InChI is InChI=1S/C20H19ClN2O5S/c1-25-12-5-6-13-16(9-12)29-19(17(13)21)20(24)23-22-10-11-7-14(26-2)18(28-4)15(8-11)27-3/h5-10H,1-4H3,(H,23,24). The summed E-state index contributed by atoms with van der Waals surface area (Å²) in [4.78, 5) is 12.9. The number of nitrogens with one attached hydrogen (secondary N) is 1. The Hall–Kier alpha value is -2.97. The molecule has 0 aliphatic rings. The third-order valence-corrected chi connectivity index (χ3v) is 5.77. The van der Waals surface area contributed by atoms with Gasteiger partial charge in [-0.1, -0.05) is 11.6 Å². The Balaban J connectivity index is 1.81. The lowest BCUT2D eigenvalue weighted by Crippen LogP contribution is -2.16. The maximum atomic E-state index is 12.5. The van der Waals surface area contributed by atoms with Gasteiger partial charge in [0.15, 0.2) is 11.5 Å². The van der Waals surface area contributed by atoms with Crippen molar-refractivity contribution in [1.82, 2.24) is 5.43 Å². The van der Waals surface area contributed by atoms with Gasteiger partial charge in [0.05, 0.1) is 39.7 Å². The quantitative estimate of drug-likeness (QED) is 0.441. The summed E-state index contributed by atoms with van der Waals surface area (Å²) in [5.74, 6) is 1.74. The number of nitrogens with zero attached hydrogens (tertiary/aromatic N) is 1. The van der Waals surface area contributed by atoms with Gasteiger partial charge in [-0.15, -0.1) is 11.3 Å². The first kappa shape index (κ1) is 20.8. The van der Waals surface area contributed by atoms with Crippen LogP contribution in [0.4, 0.5) is 0 Å². The number of amides is 1. The third-order valence-electron chi connectivity index (χ3n) is 4.11. The van der Waals surface area contributed by atoms with E-state index < -0.39 is 5.91 Å². The van der Waals surface area contributed by atoms with Gasteiger partial charge in [-0.2, -0.15) is 5.10 Å². The lowest BCUT2D eigenvalue weighted by Gasteiger charge is -2.12. The molecule has 7 nitrogen and oxygen atoms in total. The van der Waals surface area contributed by atoms with E-state index in [9.17, 15) is 4.79 Å². The Kier molecular flexibility index (Phi) is 6.46. The summed E-state index contributed by atoms with van der Waals surface area (Å²) in [7, 11) is 6.16. The molecule has 0 radical (unpaired) electrons. The number of benzene rings is 2. The summed E-state index contributed by atoms with van der Waals surface area (Å²) in [5, 5.41) is 5.19. The molecular weight excluding hydrogens is 416 g/mol. The molecule has 0 saturated heterocycles. The molecule has 0 aliphatic carbocycles. The average molecular weight is 435 g/mol. The summed E-state index contributed by atoms with van der Waals surface area (Å²) >= 11 is 7.64. The smallest absolute Gasteiger partial charge is 0.283 e. The van der Waals surface area contributed by atoms with E-state index in [1.165, 1.54) is 38.9 Å². The molecule has 0 spiro atoms. The predicted octanol–water partition coefficient (Wildman–Crippen LogP) is 4.35. The van der Waals surface area contributed by atoms with Crippen molar-refractivity contribution in [2.45, 2.75) is 0 Å². The molecule has 1 N–H and O–H groups in total. The number of hydrogen-bond acceptors (Lipinski definition) is 7. The van der Waals surface area contributed by atoms with E-state index in [1.54, 1.807) is 25.3 Å². The lowest BCUT2D eigenvalue weighted by atomic mass is 10.2. The molecule has 1 amide bonds. The number of ether oxygens (including phenoxy) is 4. The first-order valence-corrected chi connectivity index (χ1v) is 9.61. The highest BCUT2D eigenvalue weighted by Crippen LogP contribution is 2.38. The van der Waals surface area contributed by atoms with Crippen LogP contribution >= 0.6 is 22.9 Å². The van der Waals surface area contributed by atoms with Crippen molar-refractivity contribution < 1.29 is 23.7 Å². The van der Waals surface area contributed by atoms with E-state index in [1.807, 2.05) is 12.1 Å². The fraction of sp³-hybridized carbons (Fsp3) is 0.200. The number of hydrazone groups is 1. The van der Waals surface area contributed by atoms with Gasteiger partial charge in [-0.25, -0.2) is 5.43 Å². The van der Waals surface area contributed by atoms with Crippen molar-refractivity contribution in [1.29, 1.82) is 0 Å². The Morgan fingerprint density at radius 1 is 1.03 bits per heavy atom. The van der Waals surface area contributed by atoms with E-state index in [0.717, 1.165) is 10.1 Å². The molecule has 0 aliphatic heterocycles. The minimum atomic E-state index is -0.404. The molecule has 2 aromatic carbocycles. The van der Waals surface area contributed by atoms with Crippen LogP contribution in [-0.2, 0) is 0 Å². The van der Waals surface area contributed by atoms with Crippen molar-refractivity contribution in [3.05, 3.63) is 45.8 Å². The highest BCUT2D eigenvalue weighted by Gasteiger charge is 2.17. The highest BCUT2D eigenvalue weighted by atomic mass is 35.5. The van der Waals surface area contributed by atoms with Gasteiger partial charge in [0.25, 0.3) is 5.91 Å². The summed E-state index contributed by atoms with van der Waals surface area (Å²) in [6, 6.07) is 8.89. The molecule has 1 aromatic heterocycles. The molecule has 0 fully saturated rings. The van der Waals surface area contributed by atoms with Crippen LogP contribution < -0.4 is 24.4 Å². The number of thiophene rings is 1. The lowest BCUT2D eigenvalue weighted by molar-refractivity contribution is 0.0959. The van der Waals surface area contributed by atoms with Crippen LogP contribution in [0.3, 0.4) is 0 Å². The predicted molar refractivity (Wildman–Crippen MR) is 115 cm³/mol. The maximum absolute atomic E-state index is 12.5. The summed E-state index contributed by atoms with van der Waals surface area (Å²) in [5.41, 5.74) is 3.15. The van der Waals surface area contributed by atoms with Gasteiger partial charge in [-0.05, 0) is 30.3 Å². The van der Waals surface area contributed by atoms with Crippen molar-refractivity contribution in [2.24, 2.45) is 5.10 Å². The van der Waals surface area contributed by atoms with Crippen LogP contribution in [0.5, 0.6) is 23.0 Å². The van der Waals surface area contributed by atoms with E-state index in [0.29, 0.717) is 38.5 Å². The molecular formula is C20H19ClN2O5S. The van der Waals surface area contributed by atoms with E-state index in [-0.39, 0.29) is 0 Å². The second-order valence-electron chi connectivity index (χ2n) is 5.77. The summed E-state index contributed by atoms with van der Waals surface area (Å²) < 4.78 is 22.0. The molecule has 0 unspecified atom stereocenters. The second kappa shape index (κ2) is 9.02. The van der Waals surface area contributed by atoms with Crippen LogP contribution in [0, 0.1) is 0 Å². The van der Waals surface area contributed by atoms with Crippen molar-refractivity contribution >= 4 is 45.1 Å². The van der Waals surface area contributed by atoms with Crippen LogP contribution in [0.15, 0.2) is 35.4 Å². The van der Waals surface area contributed by atoms with Crippen molar-refractivity contribution in [3.63, 3.8) is 0 Å². The SMILES string of the molecule is COc1ccc2c(Cl)c(C(=O)NN=Cc3cc(OC)c(OC)c(OC)c3)sc2c1. The van der Waals surface area contributed by atoms with E-state index >= 15 is 0 Å². The van der Waals surface area contributed by atoms with Crippen LogP contribution in [0.1, 0.15) is 15.2 Å². The number of methoxy groups -OCH3 is 4. The minimum Gasteiger partial charge on any atom is -0.497 e. The van der Waals surface area contributed by atoms with Crippen LogP contribution in [-0.4, -0.2) is 40.6 Å². The zero-order chi connectivity index (χ0) is 21.0. The number of rotatable bonds is 7. The number of halogens is 1. The minimum absolute atomic E-state index is 0.372. The first-order valence-electron chi connectivity index (χ1n) is 8.41. The third kappa shape index (κ3) is 4.23. The highest BCUT2D eigenvalue weighted by molar-refractivity contribution is 7.21.